The molecule has 0 unspecified atom stereocenters. The first-order valence-electron chi connectivity index (χ1n) is 6.75. The van der Waals surface area contributed by atoms with Crippen LogP contribution in [0.3, 0.4) is 0 Å². The molecule has 0 aromatic heterocycles. The molecule has 20 heavy (non-hydrogen) atoms. The molecule has 0 spiro atoms. The van der Waals surface area contributed by atoms with Crippen LogP contribution in [-0.2, 0) is 6.42 Å². The van der Waals surface area contributed by atoms with Gasteiger partial charge in [-0.2, -0.15) is 0 Å². The van der Waals surface area contributed by atoms with Crippen molar-refractivity contribution in [3.05, 3.63) is 47.0 Å². The summed E-state index contributed by atoms with van der Waals surface area (Å²) in [4.78, 5) is 14.5. The van der Waals surface area contributed by atoms with E-state index in [1.807, 2.05) is 24.3 Å². The molecule has 2 rings (SSSR count). The Morgan fingerprint density at radius 1 is 1.20 bits per heavy atom. The van der Waals surface area contributed by atoms with Crippen LogP contribution in [0.15, 0.2) is 36.4 Å². The van der Waals surface area contributed by atoms with Crippen molar-refractivity contribution in [2.24, 2.45) is 0 Å². The van der Waals surface area contributed by atoms with Crippen LogP contribution in [-0.4, -0.2) is 53.7 Å². The molecule has 4 nitrogen and oxygen atoms in total. The SMILES string of the molecule is O=C(O)N1CCN(CC=CCc2ccccc2Cl)CC1. The van der Waals surface area contributed by atoms with Gasteiger partial charge < -0.3 is 10.0 Å². The quantitative estimate of drug-likeness (QED) is 0.869. The fourth-order valence-corrected chi connectivity index (χ4v) is 2.43. The number of amides is 1. The summed E-state index contributed by atoms with van der Waals surface area (Å²) in [6.07, 6.45) is 4.25. The van der Waals surface area contributed by atoms with Crippen LogP contribution in [0.25, 0.3) is 0 Å². The molecule has 1 amide bonds. The van der Waals surface area contributed by atoms with Gasteiger partial charge in [-0.15, -0.1) is 0 Å². The molecule has 0 aliphatic carbocycles. The lowest BCUT2D eigenvalue weighted by molar-refractivity contribution is 0.110. The molecule has 1 heterocycles. The van der Waals surface area contributed by atoms with E-state index in [2.05, 4.69) is 17.1 Å². The van der Waals surface area contributed by atoms with E-state index in [0.29, 0.717) is 13.1 Å². The molecular formula is C15H19ClN2O2. The molecular weight excluding hydrogens is 276 g/mol. The summed E-state index contributed by atoms with van der Waals surface area (Å²) < 4.78 is 0. The zero-order valence-corrected chi connectivity index (χ0v) is 12.1. The van der Waals surface area contributed by atoms with Gasteiger partial charge in [0, 0.05) is 37.7 Å². The lowest BCUT2D eigenvalue weighted by atomic mass is 10.1. The Kier molecular flexibility index (Phi) is 5.44. The van der Waals surface area contributed by atoms with Crippen LogP contribution in [0.2, 0.25) is 5.02 Å². The van der Waals surface area contributed by atoms with E-state index in [0.717, 1.165) is 36.6 Å². The third-order valence-electron chi connectivity index (χ3n) is 3.47. The Labute approximate surface area is 124 Å². The highest BCUT2D eigenvalue weighted by molar-refractivity contribution is 6.31. The number of carboxylic acid groups (broad SMARTS) is 1. The van der Waals surface area contributed by atoms with Crippen molar-refractivity contribution in [3.8, 4) is 0 Å². The minimum Gasteiger partial charge on any atom is -0.465 e. The number of nitrogens with zero attached hydrogens (tertiary/aromatic N) is 2. The van der Waals surface area contributed by atoms with Crippen LogP contribution >= 0.6 is 11.6 Å². The number of hydrogen-bond donors (Lipinski definition) is 1. The summed E-state index contributed by atoms with van der Waals surface area (Å²) in [5, 5.41) is 9.67. The Morgan fingerprint density at radius 2 is 1.90 bits per heavy atom. The summed E-state index contributed by atoms with van der Waals surface area (Å²) in [6, 6.07) is 7.84. The first-order chi connectivity index (χ1) is 9.66. The Hall–Kier alpha value is -1.52. The highest BCUT2D eigenvalue weighted by atomic mass is 35.5. The van der Waals surface area contributed by atoms with E-state index in [1.165, 1.54) is 4.90 Å². The van der Waals surface area contributed by atoms with Crippen molar-refractivity contribution < 1.29 is 9.90 Å². The normalized spacial score (nSPS) is 16.8. The van der Waals surface area contributed by atoms with E-state index < -0.39 is 6.09 Å². The van der Waals surface area contributed by atoms with Gasteiger partial charge >= 0.3 is 6.09 Å². The number of hydrogen-bond acceptors (Lipinski definition) is 2. The first kappa shape index (κ1) is 14.9. The van der Waals surface area contributed by atoms with Gasteiger partial charge in [0.25, 0.3) is 0 Å². The van der Waals surface area contributed by atoms with Gasteiger partial charge in [-0.25, -0.2) is 4.79 Å². The maximum Gasteiger partial charge on any atom is 0.407 e. The number of piperazine rings is 1. The van der Waals surface area contributed by atoms with Gasteiger partial charge in [-0.05, 0) is 18.1 Å². The monoisotopic (exact) mass is 294 g/mol. The minimum atomic E-state index is -0.820. The summed E-state index contributed by atoms with van der Waals surface area (Å²) >= 11 is 6.09. The minimum absolute atomic E-state index is 0.591. The zero-order valence-electron chi connectivity index (χ0n) is 11.3. The molecule has 1 saturated heterocycles. The van der Waals surface area contributed by atoms with Gasteiger partial charge in [0.2, 0.25) is 0 Å². The van der Waals surface area contributed by atoms with Crippen LogP contribution in [0, 0.1) is 0 Å². The van der Waals surface area contributed by atoms with Gasteiger partial charge in [0.1, 0.15) is 0 Å². The zero-order chi connectivity index (χ0) is 14.4. The fourth-order valence-electron chi connectivity index (χ4n) is 2.22. The molecule has 108 valence electrons. The first-order valence-corrected chi connectivity index (χ1v) is 7.13. The standard InChI is InChI=1S/C15H19ClN2O2/c16-14-7-2-1-5-13(14)6-3-4-8-17-9-11-18(12-10-17)15(19)20/h1-5,7H,6,8-12H2,(H,19,20). The lowest BCUT2D eigenvalue weighted by Crippen LogP contribution is -2.48. The molecule has 1 aliphatic heterocycles. The predicted octanol–water partition coefficient (Wildman–Crippen LogP) is 2.73. The average Bonchev–Trinajstić information content (AvgIpc) is 2.46. The average molecular weight is 295 g/mol. The van der Waals surface area contributed by atoms with Crippen LogP contribution < -0.4 is 0 Å². The Morgan fingerprint density at radius 3 is 2.55 bits per heavy atom. The highest BCUT2D eigenvalue weighted by Crippen LogP contribution is 2.15. The smallest absolute Gasteiger partial charge is 0.407 e. The molecule has 1 fully saturated rings. The molecule has 1 aliphatic rings. The second kappa shape index (κ2) is 7.31. The predicted molar refractivity (Wildman–Crippen MR) is 80.3 cm³/mol. The Bertz CT molecular complexity index is 483. The molecule has 0 atom stereocenters. The van der Waals surface area contributed by atoms with E-state index in [-0.39, 0.29) is 0 Å². The van der Waals surface area contributed by atoms with Crippen molar-refractivity contribution in [1.82, 2.24) is 9.80 Å². The lowest BCUT2D eigenvalue weighted by Gasteiger charge is -2.32. The van der Waals surface area contributed by atoms with Crippen molar-refractivity contribution >= 4 is 17.7 Å². The van der Waals surface area contributed by atoms with E-state index >= 15 is 0 Å². The van der Waals surface area contributed by atoms with Crippen molar-refractivity contribution in [3.63, 3.8) is 0 Å². The van der Waals surface area contributed by atoms with Gasteiger partial charge in [-0.1, -0.05) is 42.0 Å². The number of carbonyl (C=O) groups is 1. The summed E-state index contributed by atoms with van der Waals surface area (Å²) in [5.74, 6) is 0. The number of halogens is 1. The molecule has 1 aromatic carbocycles. The van der Waals surface area contributed by atoms with Gasteiger partial charge in [0.05, 0.1) is 0 Å². The summed E-state index contributed by atoms with van der Waals surface area (Å²) in [7, 11) is 0. The number of allylic oxidation sites excluding steroid dienone is 1. The van der Waals surface area contributed by atoms with Crippen LogP contribution in [0.4, 0.5) is 4.79 Å². The molecule has 0 saturated carbocycles. The van der Waals surface area contributed by atoms with Crippen LogP contribution in [0.5, 0.6) is 0 Å². The largest absolute Gasteiger partial charge is 0.465 e. The van der Waals surface area contributed by atoms with Crippen LogP contribution in [0.1, 0.15) is 5.56 Å². The van der Waals surface area contributed by atoms with Crippen molar-refractivity contribution in [2.75, 3.05) is 32.7 Å². The van der Waals surface area contributed by atoms with Crippen molar-refractivity contribution in [1.29, 1.82) is 0 Å². The molecule has 0 radical (unpaired) electrons. The third-order valence-corrected chi connectivity index (χ3v) is 3.84. The third kappa shape index (κ3) is 4.25. The molecule has 0 bridgehead atoms. The van der Waals surface area contributed by atoms with E-state index in [9.17, 15) is 4.79 Å². The number of rotatable bonds is 4. The summed E-state index contributed by atoms with van der Waals surface area (Å²) in [6.45, 7) is 3.63. The number of benzene rings is 1. The van der Waals surface area contributed by atoms with Gasteiger partial charge in [-0.3, -0.25) is 4.90 Å². The molecule has 1 N–H and O–H groups in total. The van der Waals surface area contributed by atoms with Crippen molar-refractivity contribution in [2.45, 2.75) is 6.42 Å². The molecule has 1 aromatic rings. The van der Waals surface area contributed by atoms with Gasteiger partial charge in [0.15, 0.2) is 0 Å². The van der Waals surface area contributed by atoms with E-state index in [4.69, 9.17) is 16.7 Å². The molecule has 5 heteroatoms. The highest BCUT2D eigenvalue weighted by Gasteiger charge is 2.18. The summed E-state index contributed by atoms with van der Waals surface area (Å²) in [5.41, 5.74) is 1.13. The second-order valence-electron chi connectivity index (χ2n) is 4.84. The fraction of sp³-hybridized carbons (Fsp3) is 0.400. The second-order valence-corrected chi connectivity index (χ2v) is 5.24. The maximum absolute atomic E-state index is 10.8. The van der Waals surface area contributed by atoms with E-state index in [1.54, 1.807) is 0 Å². The Balaban J connectivity index is 1.72. The maximum atomic E-state index is 10.8. The topological polar surface area (TPSA) is 43.8 Å².